The van der Waals surface area contributed by atoms with Gasteiger partial charge in [-0.05, 0) is 25.7 Å². The summed E-state index contributed by atoms with van der Waals surface area (Å²) >= 11 is 0. The molecule has 0 aromatic carbocycles. The van der Waals surface area contributed by atoms with Gasteiger partial charge < -0.3 is 5.32 Å². The summed E-state index contributed by atoms with van der Waals surface area (Å²) in [6.45, 7) is 5.39. The Hall–Kier alpha value is -0.830. The fourth-order valence-corrected chi connectivity index (χ4v) is 2.51. The molecule has 2 unspecified atom stereocenters. The van der Waals surface area contributed by atoms with E-state index in [1.807, 2.05) is 11.7 Å². The first-order valence-electron chi connectivity index (χ1n) is 5.89. The van der Waals surface area contributed by atoms with E-state index in [1.54, 1.807) is 0 Å². The lowest BCUT2D eigenvalue weighted by atomic mass is 10.1. The van der Waals surface area contributed by atoms with Gasteiger partial charge >= 0.3 is 0 Å². The van der Waals surface area contributed by atoms with Crippen LogP contribution in [0.15, 0.2) is 6.20 Å². The van der Waals surface area contributed by atoms with E-state index < -0.39 is 0 Å². The van der Waals surface area contributed by atoms with Gasteiger partial charge in [0, 0.05) is 31.4 Å². The molecule has 0 amide bonds. The number of aryl methyl sites for hydroxylation is 2. The predicted octanol–water partition coefficient (Wildman–Crippen LogP) is 2.01. The normalized spacial score (nSPS) is 26.1. The maximum absolute atomic E-state index is 4.35. The van der Waals surface area contributed by atoms with Crippen LogP contribution in [0.25, 0.3) is 0 Å². The molecular weight excluding hydrogens is 186 g/mol. The molecule has 0 bridgehead atoms. The first kappa shape index (κ1) is 10.7. The molecule has 1 aliphatic carbocycles. The van der Waals surface area contributed by atoms with Crippen molar-refractivity contribution >= 4 is 0 Å². The van der Waals surface area contributed by atoms with E-state index in [0.29, 0.717) is 6.04 Å². The molecule has 0 saturated heterocycles. The van der Waals surface area contributed by atoms with Gasteiger partial charge in [-0.3, -0.25) is 4.68 Å². The Bertz CT molecular complexity index is 330. The molecule has 3 nitrogen and oxygen atoms in total. The third kappa shape index (κ3) is 2.40. The summed E-state index contributed by atoms with van der Waals surface area (Å²) in [5, 5.41) is 8.00. The highest BCUT2D eigenvalue weighted by atomic mass is 15.2. The fourth-order valence-electron chi connectivity index (χ4n) is 2.51. The minimum Gasteiger partial charge on any atom is -0.310 e. The molecule has 1 N–H and O–H groups in total. The molecule has 1 saturated carbocycles. The van der Waals surface area contributed by atoms with E-state index >= 15 is 0 Å². The van der Waals surface area contributed by atoms with E-state index in [2.05, 4.69) is 30.5 Å². The summed E-state index contributed by atoms with van der Waals surface area (Å²) in [5.41, 5.74) is 2.48. The van der Waals surface area contributed by atoms with Gasteiger partial charge in [-0.25, -0.2) is 0 Å². The van der Waals surface area contributed by atoms with Gasteiger partial charge in [0.25, 0.3) is 0 Å². The average Bonchev–Trinajstić information content (AvgIpc) is 2.70. The van der Waals surface area contributed by atoms with Gasteiger partial charge in [-0.2, -0.15) is 5.10 Å². The lowest BCUT2D eigenvalue weighted by Gasteiger charge is -2.16. The van der Waals surface area contributed by atoms with Crippen LogP contribution in [0, 0.1) is 12.8 Å². The maximum Gasteiger partial charge on any atom is 0.0638 e. The average molecular weight is 207 g/mol. The Morgan fingerprint density at radius 1 is 1.53 bits per heavy atom. The molecule has 1 fully saturated rings. The topological polar surface area (TPSA) is 29.9 Å². The quantitative estimate of drug-likeness (QED) is 0.821. The van der Waals surface area contributed by atoms with E-state index in [-0.39, 0.29) is 0 Å². The van der Waals surface area contributed by atoms with Gasteiger partial charge in [0.2, 0.25) is 0 Å². The second kappa shape index (κ2) is 4.35. The van der Waals surface area contributed by atoms with Crippen molar-refractivity contribution in [2.45, 2.75) is 45.7 Å². The molecule has 0 spiro atoms. The van der Waals surface area contributed by atoms with Crippen molar-refractivity contribution in [3.05, 3.63) is 17.5 Å². The predicted molar refractivity (Wildman–Crippen MR) is 61.6 cm³/mol. The smallest absolute Gasteiger partial charge is 0.0638 e. The maximum atomic E-state index is 4.35. The molecule has 0 radical (unpaired) electrons. The number of rotatable bonds is 3. The fraction of sp³-hybridized carbons (Fsp3) is 0.750. The second-order valence-corrected chi connectivity index (χ2v) is 4.81. The first-order valence-corrected chi connectivity index (χ1v) is 5.89. The van der Waals surface area contributed by atoms with Gasteiger partial charge in [0.1, 0.15) is 0 Å². The second-order valence-electron chi connectivity index (χ2n) is 4.81. The minimum atomic E-state index is 0.713. The van der Waals surface area contributed by atoms with Gasteiger partial charge in [0.15, 0.2) is 0 Å². The lowest BCUT2D eigenvalue weighted by molar-refractivity contribution is 0.425. The number of nitrogens with one attached hydrogen (secondary N) is 1. The van der Waals surface area contributed by atoms with Gasteiger partial charge in [0.05, 0.1) is 5.69 Å². The summed E-state index contributed by atoms with van der Waals surface area (Å²) in [6, 6.07) is 0.713. The zero-order valence-electron chi connectivity index (χ0n) is 9.95. The number of hydrogen-bond donors (Lipinski definition) is 1. The van der Waals surface area contributed by atoms with E-state index in [9.17, 15) is 0 Å². The molecular formula is C12H21N3. The Balaban J connectivity index is 1.90. The molecule has 1 aromatic rings. The van der Waals surface area contributed by atoms with Crippen molar-refractivity contribution in [1.82, 2.24) is 15.1 Å². The van der Waals surface area contributed by atoms with Crippen LogP contribution in [-0.2, 0) is 13.6 Å². The molecule has 2 rings (SSSR count). The highest BCUT2D eigenvalue weighted by Gasteiger charge is 2.22. The van der Waals surface area contributed by atoms with E-state index in [1.165, 1.54) is 24.8 Å². The SMILES string of the molecule is Cc1nn(C)cc1CNC1CCCC1C. The molecule has 3 heteroatoms. The van der Waals surface area contributed by atoms with Crippen molar-refractivity contribution < 1.29 is 0 Å². The monoisotopic (exact) mass is 207 g/mol. The number of nitrogens with zero attached hydrogens (tertiary/aromatic N) is 2. The Labute approximate surface area is 91.9 Å². The van der Waals surface area contributed by atoms with Gasteiger partial charge in [-0.15, -0.1) is 0 Å². The minimum absolute atomic E-state index is 0.713. The van der Waals surface area contributed by atoms with Crippen LogP contribution < -0.4 is 5.32 Å². The van der Waals surface area contributed by atoms with Crippen LogP contribution in [0.3, 0.4) is 0 Å². The van der Waals surface area contributed by atoms with Crippen molar-refractivity contribution in [3.8, 4) is 0 Å². The molecule has 1 aromatic heterocycles. The Kier molecular flexibility index (Phi) is 3.10. The van der Waals surface area contributed by atoms with Crippen LogP contribution in [0.1, 0.15) is 37.4 Å². The number of aromatic nitrogens is 2. The summed E-state index contributed by atoms with van der Waals surface area (Å²) in [5.74, 6) is 0.835. The molecule has 0 aliphatic heterocycles. The summed E-state index contributed by atoms with van der Waals surface area (Å²) in [7, 11) is 1.98. The molecule has 84 valence electrons. The summed E-state index contributed by atoms with van der Waals surface area (Å²) < 4.78 is 1.89. The number of hydrogen-bond acceptors (Lipinski definition) is 2. The largest absolute Gasteiger partial charge is 0.310 e. The molecule has 1 heterocycles. The van der Waals surface area contributed by atoms with Crippen molar-refractivity contribution in [2.75, 3.05) is 0 Å². The van der Waals surface area contributed by atoms with Crippen LogP contribution in [0.4, 0.5) is 0 Å². The highest BCUT2D eigenvalue weighted by molar-refractivity contribution is 5.15. The standard InChI is InChI=1S/C12H21N3/c1-9-5-4-6-12(9)13-7-11-8-15(3)14-10(11)2/h8-9,12-13H,4-7H2,1-3H3. The first-order chi connectivity index (χ1) is 7.16. The van der Waals surface area contributed by atoms with Crippen LogP contribution in [0.5, 0.6) is 0 Å². The van der Waals surface area contributed by atoms with E-state index in [0.717, 1.165) is 18.2 Å². The van der Waals surface area contributed by atoms with Crippen molar-refractivity contribution in [3.63, 3.8) is 0 Å². The Morgan fingerprint density at radius 2 is 2.33 bits per heavy atom. The molecule has 1 aliphatic rings. The Morgan fingerprint density at radius 3 is 2.87 bits per heavy atom. The van der Waals surface area contributed by atoms with Crippen LogP contribution in [-0.4, -0.2) is 15.8 Å². The summed E-state index contributed by atoms with van der Waals surface area (Å²) in [4.78, 5) is 0. The molecule has 2 atom stereocenters. The summed E-state index contributed by atoms with van der Waals surface area (Å²) in [6.07, 6.45) is 6.21. The van der Waals surface area contributed by atoms with E-state index in [4.69, 9.17) is 0 Å². The zero-order valence-corrected chi connectivity index (χ0v) is 9.95. The zero-order chi connectivity index (χ0) is 10.8. The molecule has 15 heavy (non-hydrogen) atoms. The van der Waals surface area contributed by atoms with Gasteiger partial charge in [-0.1, -0.05) is 13.3 Å². The van der Waals surface area contributed by atoms with Crippen molar-refractivity contribution in [2.24, 2.45) is 13.0 Å². The van der Waals surface area contributed by atoms with Crippen LogP contribution in [0.2, 0.25) is 0 Å². The lowest BCUT2D eigenvalue weighted by Crippen LogP contribution is -2.30. The van der Waals surface area contributed by atoms with Crippen LogP contribution >= 0.6 is 0 Å². The third-order valence-electron chi connectivity index (χ3n) is 3.53. The highest BCUT2D eigenvalue weighted by Crippen LogP contribution is 2.25. The third-order valence-corrected chi connectivity index (χ3v) is 3.53. The van der Waals surface area contributed by atoms with Crippen molar-refractivity contribution in [1.29, 1.82) is 0 Å².